The van der Waals surface area contributed by atoms with Crippen LogP contribution in [0.15, 0.2) is 66.7 Å². The molecule has 1 spiro atoms. The van der Waals surface area contributed by atoms with Crippen LogP contribution >= 0.6 is 11.6 Å². The average Bonchev–Trinajstić information content (AvgIpc) is 3.21. The van der Waals surface area contributed by atoms with Gasteiger partial charge in [-0.05, 0) is 83.3 Å². The number of hydrogen-bond donors (Lipinski definition) is 0. The number of hydrogen-bond acceptors (Lipinski definition) is 7. The van der Waals surface area contributed by atoms with Gasteiger partial charge in [-0.15, -0.1) is 0 Å². The van der Waals surface area contributed by atoms with E-state index in [1.54, 1.807) is 84.0 Å². The lowest BCUT2D eigenvalue weighted by molar-refractivity contribution is -0.143. The summed E-state index contributed by atoms with van der Waals surface area (Å²) in [6, 6.07) is 19.3. The summed E-state index contributed by atoms with van der Waals surface area (Å²) >= 11 is 6.65. The summed E-state index contributed by atoms with van der Waals surface area (Å²) in [5.74, 6) is 0.00872. The third-order valence-electron chi connectivity index (χ3n) is 7.36. The number of benzene rings is 4. The van der Waals surface area contributed by atoms with Gasteiger partial charge in [0.05, 0.1) is 21.4 Å². The highest BCUT2D eigenvalue weighted by Gasteiger charge is 2.54. The van der Waals surface area contributed by atoms with Crippen molar-refractivity contribution in [2.75, 3.05) is 0 Å². The van der Waals surface area contributed by atoms with Crippen molar-refractivity contribution in [1.82, 2.24) is 0 Å². The summed E-state index contributed by atoms with van der Waals surface area (Å²) in [6.45, 7) is 10.6. The van der Waals surface area contributed by atoms with Crippen LogP contribution in [0.2, 0.25) is 5.02 Å². The molecule has 4 aromatic rings. The van der Waals surface area contributed by atoms with Gasteiger partial charge in [-0.2, -0.15) is 0 Å². The van der Waals surface area contributed by atoms with Crippen molar-refractivity contribution in [3.8, 4) is 23.0 Å². The van der Waals surface area contributed by atoms with Gasteiger partial charge < -0.3 is 18.9 Å². The fraction of sp³-hybridized carbons (Fsp3) is 0.265. The highest BCUT2D eigenvalue weighted by atomic mass is 35.5. The normalized spacial score (nSPS) is 17.2. The molecule has 0 aliphatic carbocycles. The van der Waals surface area contributed by atoms with E-state index >= 15 is 0 Å². The van der Waals surface area contributed by atoms with Gasteiger partial charge in [0.25, 0.3) is 0 Å². The van der Waals surface area contributed by atoms with E-state index in [1.807, 2.05) is 24.3 Å². The highest BCUT2D eigenvalue weighted by molar-refractivity contribution is 6.33. The fourth-order valence-electron chi connectivity index (χ4n) is 5.09. The number of halogens is 1. The van der Waals surface area contributed by atoms with Crippen molar-refractivity contribution in [3.05, 3.63) is 94.0 Å². The van der Waals surface area contributed by atoms with Crippen molar-refractivity contribution < 1.29 is 33.3 Å². The molecular weight excluding hydrogens is 556 g/mol. The van der Waals surface area contributed by atoms with Gasteiger partial charge in [-0.25, -0.2) is 4.79 Å². The molecule has 214 valence electrons. The third-order valence-corrected chi connectivity index (χ3v) is 7.65. The van der Waals surface area contributed by atoms with Gasteiger partial charge in [0, 0.05) is 28.1 Å². The third kappa shape index (κ3) is 4.31. The standard InChI is InChI=1S/C34H29ClO7/c1-32(2,3)30(37)39-19-12-14-23-26(16-19)40-28-21-17-25(35)27(41-31(38)33(4,5)6)15-18(21)11-13-24(28)34(23)22-10-8-7-9-20(22)29(36)42-34/h7-17H,1-6H3. The molecule has 2 aliphatic heterocycles. The fourth-order valence-corrected chi connectivity index (χ4v) is 5.29. The Morgan fingerprint density at radius 2 is 1.45 bits per heavy atom. The first-order valence-corrected chi connectivity index (χ1v) is 13.9. The van der Waals surface area contributed by atoms with E-state index < -0.39 is 34.3 Å². The van der Waals surface area contributed by atoms with E-state index in [2.05, 4.69) is 0 Å². The van der Waals surface area contributed by atoms with Crippen molar-refractivity contribution in [3.63, 3.8) is 0 Å². The SMILES string of the molecule is CC(C)(C)C(=O)Oc1ccc2c(c1)Oc1c(ccc3cc(OC(=O)C(C)(C)C)c(Cl)cc13)C21OC(=O)c2ccccc21. The number of ether oxygens (including phenoxy) is 4. The van der Waals surface area contributed by atoms with E-state index in [0.29, 0.717) is 50.3 Å². The molecule has 0 N–H and O–H groups in total. The Labute approximate surface area is 248 Å². The molecule has 2 aliphatic rings. The topological polar surface area (TPSA) is 88.1 Å². The number of fused-ring (bicyclic) bond motifs is 8. The van der Waals surface area contributed by atoms with Crippen LogP contribution in [0.4, 0.5) is 0 Å². The molecule has 0 aromatic heterocycles. The molecule has 4 aromatic carbocycles. The predicted molar refractivity (Wildman–Crippen MR) is 157 cm³/mol. The van der Waals surface area contributed by atoms with E-state index in [1.165, 1.54) is 0 Å². The summed E-state index contributed by atoms with van der Waals surface area (Å²) in [7, 11) is 0. The zero-order valence-electron chi connectivity index (χ0n) is 24.1. The zero-order chi connectivity index (χ0) is 30.2. The highest BCUT2D eigenvalue weighted by Crippen LogP contribution is 2.58. The van der Waals surface area contributed by atoms with E-state index in [9.17, 15) is 14.4 Å². The predicted octanol–water partition coefficient (Wildman–Crippen LogP) is 7.96. The van der Waals surface area contributed by atoms with Gasteiger partial charge in [-0.1, -0.05) is 35.9 Å². The maximum atomic E-state index is 13.2. The molecule has 1 unspecified atom stereocenters. The monoisotopic (exact) mass is 584 g/mol. The minimum Gasteiger partial charge on any atom is -0.456 e. The van der Waals surface area contributed by atoms with Gasteiger partial charge >= 0.3 is 17.9 Å². The van der Waals surface area contributed by atoms with Crippen molar-refractivity contribution >= 4 is 40.3 Å². The van der Waals surface area contributed by atoms with Crippen LogP contribution in [-0.2, 0) is 19.9 Å². The molecule has 7 nitrogen and oxygen atoms in total. The molecule has 0 saturated carbocycles. The molecule has 6 rings (SSSR count). The first-order valence-electron chi connectivity index (χ1n) is 13.6. The summed E-state index contributed by atoms with van der Waals surface area (Å²) in [4.78, 5) is 38.5. The van der Waals surface area contributed by atoms with Crippen molar-refractivity contribution in [2.24, 2.45) is 10.8 Å². The molecule has 0 bridgehead atoms. The lowest BCUT2D eigenvalue weighted by Gasteiger charge is -2.37. The number of carbonyl (C=O) groups excluding carboxylic acids is 3. The van der Waals surface area contributed by atoms with E-state index in [0.717, 1.165) is 0 Å². The minimum absolute atomic E-state index is 0.216. The Balaban J connectivity index is 1.56. The van der Waals surface area contributed by atoms with Crippen LogP contribution in [0.25, 0.3) is 10.8 Å². The zero-order valence-corrected chi connectivity index (χ0v) is 24.8. The van der Waals surface area contributed by atoms with Crippen LogP contribution in [0.3, 0.4) is 0 Å². The lowest BCUT2D eigenvalue weighted by atomic mass is 9.77. The Bertz CT molecular complexity index is 1830. The molecule has 0 saturated heterocycles. The summed E-state index contributed by atoms with van der Waals surface area (Å²) in [5.41, 5.74) is -0.446. The van der Waals surface area contributed by atoms with Crippen LogP contribution in [0, 0.1) is 10.8 Å². The number of carbonyl (C=O) groups is 3. The minimum atomic E-state index is -1.32. The van der Waals surface area contributed by atoms with Gasteiger partial charge in [-0.3, -0.25) is 9.59 Å². The van der Waals surface area contributed by atoms with Crippen molar-refractivity contribution in [2.45, 2.75) is 47.1 Å². The summed E-state index contributed by atoms with van der Waals surface area (Å²) in [6.07, 6.45) is 0. The Kier molecular flexibility index (Phi) is 6.17. The summed E-state index contributed by atoms with van der Waals surface area (Å²) < 4.78 is 24.1. The van der Waals surface area contributed by atoms with Gasteiger partial charge in [0.15, 0.2) is 5.60 Å². The second-order valence-electron chi connectivity index (χ2n) is 12.6. The van der Waals surface area contributed by atoms with Gasteiger partial charge in [0.1, 0.15) is 23.0 Å². The first-order chi connectivity index (χ1) is 19.7. The molecule has 0 radical (unpaired) electrons. The molecule has 42 heavy (non-hydrogen) atoms. The number of esters is 3. The van der Waals surface area contributed by atoms with Crippen LogP contribution < -0.4 is 14.2 Å². The first kappa shape index (κ1) is 27.8. The maximum absolute atomic E-state index is 13.2. The Morgan fingerprint density at radius 3 is 2.17 bits per heavy atom. The second kappa shape index (κ2) is 9.33. The van der Waals surface area contributed by atoms with Crippen LogP contribution in [0.5, 0.6) is 23.0 Å². The molecule has 0 amide bonds. The lowest BCUT2D eigenvalue weighted by Crippen LogP contribution is -2.33. The number of rotatable bonds is 2. The van der Waals surface area contributed by atoms with E-state index in [-0.39, 0.29) is 10.8 Å². The quantitative estimate of drug-likeness (QED) is 0.174. The Morgan fingerprint density at radius 1 is 0.786 bits per heavy atom. The largest absolute Gasteiger partial charge is 0.456 e. The molecule has 1 atom stereocenters. The molecule has 0 fully saturated rings. The van der Waals surface area contributed by atoms with Gasteiger partial charge in [0.2, 0.25) is 0 Å². The smallest absolute Gasteiger partial charge is 0.340 e. The van der Waals surface area contributed by atoms with Crippen molar-refractivity contribution in [1.29, 1.82) is 0 Å². The van der Waals surface area contributed by atoms with Crippen LogP contribution in [-0.4, -0.2) is 17.9 Å². The summed E-state index contributed by atoms with van der Waals surface area (Å²) in [5, 5.41) is 1.53. The maximum Gasteiger partial charge on any atom is 0.340 e. The molecule has 8 heteroatoms. The second-order valence-corrected chi connectivity index (χ2v) is 13.0. The Hall–Kier alpha value is -4.36. The molecule has 2 heterocycles. The molecular formula is C34H29ClO7. The average molecular weight is 585 g/mol. The van der Waals surface area contributed by atoms with Crippen LogP contribution in [0.1, 0.15) is 68.6 Å². The van der Waals surface area contributed by atoms with E-state index in [4.69, 9.17) is 30.5 Å².